The molecule has 0 saturated heterocycles. The van der Waals surface area contributed by atoms with Crippen molar-refractivity contribution in [3.8, 4) is 0 Å². The normalized spacial score (nSPS) is 13.2. The quantitative estimate of drug-likeness (QED) is 0.229. The van der Waals surface area contributed by atoms with Gasteiger partial charge >= 0.3 is 0 Å². The van der Waals surface area contributed by atoms with Crippen LogP contribution in [0.15, 0.2) is 76.5 Å². The van der Waals surface area contributed by atoms with Crippen LogP contribution in [-0.4, -0.2) is 29.1 Å². The number of rotatable bonds is 4. The molecule has 3 aromatic carbocycles. The number of carbonyl (C=O) groups excluding carboxylic acids is 3. The van der Waals surface area contributed by atoms with E-state index >= 15 is 0 Å². The SMILES string of the molecule is O=C(N/N=C/c1ccc2no[n+]([O-])c2c1)c1ccccc1N1C(=O)c2ccccc2C1=O. The number of hydrazone groups is 1. The van der Waals surface area contributed by atoms with Crippen molar-refractivity contribution in [3.05, 3.63) is 94.2 Å². The van der Waals surface area contributed by atoms with Gasteiger partial charge in [-0.1, -0.05) is 24.3 Å². The fourth-order valence-electron chi connectivity index (χ4n) is 3.46. The molecule has 0 bridgehead atoms. The Morgan fingerprint density at radius 2 is 1.72 bits per heavy atom. The average molecular weight is 427 g/mol. The second-order valence-electron chi connectivity index (χ2n) is 6.89. The number of imide groups is 1. The molecule has 156 valence electrons. The first-order valence-corrected chi connectivity index (χ1v) is 9.44. The molecule has 0 saturated carbocycles. The molecule has 1 aromatic heterocycles. The number of fused-ring (bicyclic) bond motifs is 2. The molecular formula is C22H13N5O5. The maximum Gasteiger partial charge on any atom is 0.273 e. The highest BCUT2D eigenvalue weighted by Gasteiger charge is 2.37. The molecule has 0 spiro atoms. The van der Waals surface area contributed by atoms with Crippen LogP contribution < -0.4 is 15.2 Å². The Bertz CT molecular complexity index is 1410. The van der Waals surface area contributed by atoms with Crippen LogP contribution in [0.2, 0.25) is 0 Å². The van der Waals surface area contributed by atoms with Crippen LogP contribution in [0.3, 0.4) is 0 Å². The molecule has 0 unspecified atom stereocenters. The fraction of sp³-hybridized carbons (Fsp3) is 0. The lowest BCUT2D eigenvalue weighted by molar-refractivity contribution is -0.782. The largest absolute Gasteiger partial charge is 0.359 e. The zero-order valence-electron chi connectivity index (χ0n) is 16.3. The molecule has 1 N–H and O–H groups in total. The Hall–Kier alpha value is -4.86. The molecule has 3 amide bonds. The summed E-state index contributed by atoms with van der Waals surface area (Å²) < 4.78 is 4.51. The molecule has 1 aliphatic rings. The van der Waals surface area contributed by atoms with E-state index in [1.807, 2.05) is 0 Å². The van der Waals surface area contributed by atoms with E-state index in [9.17, 15) is 19.6 Å². The predicted molar refractivity (Wildman–Crippen MR) is 112 cm³/mol. The minimum atomic E-state index is -0.613. The summed E-state index contributed by atoms with van der Waals surface area (Å²) in [7, 11) is 0. The van der Waals surface area contributed by atoms with Crippen molar-refractivity contribution in [3.63, 3.8) is 0 Å². The highest BCUT2D eigenvalue weighted by Crippen LogP contribution is 2.30. The average Bonchev–Trinajstić information content (AvgIpc) is 3.31. The summed E-state index contributed by atoms with van der Waals surface area (Å²) >= 11 is 0. The number of carbonyl (C=O) groups is 3. The van der Waals surface area contributed by atoms with Crippen molar-refractivity contribution >= 4 is 40.7 Å². The molecule has 0 fully saturated rings. The van der Waals surface area contributed by atoms with Gasteiger partial charge in [-0.2, -0.15) is 5.10 Å². The maximum atomic E-state index is 12.8. The van der Waals surface area contributed by atoms with E-state index in [0.717, 1.165) is 4.90 Å². The van der Waals surface area contributed by atoms with Crippen molar-refractivity contribution in [2.75, 3.05) is 4.90 Å². The monoisotopic (exact) mass is 427 g/mol. The number of para-hydroxylation sites is 1. The van der Waals surface area contributed by atoms with E-state index in [4.69, 9.17) is 0 Å². The zero-order chi connectivity index (χ0) is 22.2. The summed E-state index contributed by atoms with van der Waals surface area (Å²) in [5, 5.41) is 19.0. The molecule has 10 heteroatoms. The summed E-state index contributed by atoms with van der Waals surface area (Å²) in [6.07, 6.45) is 1.34. The van der Waals surface area contributed by atoms with Crippen LogP contribution in [0.5, 0.6) is 0 Å². The molecule has 10 nitrogen and oxygen atoms in total. The minimum absolute atomic E-state index is 0.103. The van der Waals surface area contributed by atoms with Crippen molar-refractivity contribution in [2.45, 2.75) is 0 Å². The second-order valence-corrected chi connectivity index (χ2v) is 6.89. The third kappa shape index (κ3) is 3.06. The smallest absolute Gasteiger partial charge is 0.273 e. The molecule has 0 radical (unpaired) electrons. The number of anilines is 1. The van der Waals surface area contributed by atoms with Gasteiger partial charge < -0.3 is 5.21 Å². The van der Waals surface area contributed by atoms with Gasteiger partial charge in [0.25, 0.3) is 17.7 Å². The summed E-state index contributed by atoms with van der Waals surface area (Å²) in [6.45, 7) is 0. The molecule has 1 aliphatic heterocycles. The van der Waals surface area contributed by atoms with Crippen molar-refractivity contribution in [1.29, 1.82) is 0 Å². The van der Waals surface area contributed by atoms with Crippen LogP contribution in [0.1, 0.15) is 36.6 Å². The molecule has 0 atom stereocenters. The van der Waals surface area contributed by atoms with Gasteiger partial charge in [0.2, 0.25) is 11.0 Å². The molecular weight excluding hydrogens is 414 g/mol. The Morgan fingerprint density at radius 3 is 2.47 bits per heavy atom. The lowest BCUT2D eigenvalue weighted by Crippen LogP contribution is -2.32. The number of hydrogen-bond donors (Lipinski definition) is 1. The van der Waals surface area contributed by atoms with Gasteiger partial charge in [-0.3, -0.25) is 19.0 Å². The minimum Gasteiger partial charge on any atom is -0.359 e. The lowest BCUT2D eigenvalue weighted by atomic mass is 10.1. The van der Waals surface area contributed by atoms with Gasteiger partial charge in [0.05, 0.1) is 28.6 Å². The van der Waals surface area contributed by atoms with Crippen molar-refractivity contribution < 1.29 is 23.9 Å². The first kappa shape index (κ1) is 19.1. The van der Waals surface area contributed by atoms with E-state index in [0.29, 0.717) is 11.1 Å². The Kier molecular flexibility index (Phi) is 4.44. The second kappa shape index (κ2) is 7.43. The van der Waals surface area contributed by atoms with Crippen LogP contribution in [0, 0.1) is 5.21 Å². The molecule has 2 heterocycles. The van der Waals surface area contributed by atoms with Gasteiger partial charge in [-0.25, -0.2) is 10.3 Å². The van der Waals surface area contributed by atoms with Crippen LogP contribution in [0.25, 0.3) is 11.0 Å². The van der Waals surface area contributed by atoms with E-state index in [1.165, 1.54) is 24.4 Å². The topological polar surface area (TPSA) is 132 Å². The number of amides is 3. The Labute approximate surface area is 179 Å². The molecule has 5 rings (SSSR count). The number of hydrogen-bond acceptors (Lipinski definition) is 7. The first-order valence-electron chi connectivity index (χ1n) is 9.44. The van der Waals surface area contributed by atoms with E-state index in [1.54, 1.807) is 48.5 Å². The van der Waals surface area contributed by atoms with Crippen LogP contribution >= 0.6 is 0 Å². The summed E-state index contributed by atoms with van der Waals surface area (Å²) in [4.78, 5) is 39.6. The number of benzene rings is 3. The summed E-state index contributed by atoms with van der Waals surface area (Å²) in [5.74, 6) is -1.61. The maximum absolute atomic E-state index is 12.8. The van der Waals surface area contributed by atoms with Gasteiger partial charge in [-0.15, -0.1) is 0 Å². The lowest BCUT2D eigenvalue weighted by Gasteiger charge is -2.17. The summed E-state index contributed by atoms with van der Waals surface area (Å²) in [6, 6.07) is 17.5. The summed E-state index contributed by atoms with van der Waals surface area (Å²) in [5.41, 5.74) is 4.33. The van der Waals surface area contributed by atoms with Crippen molar-refractivity contribution in [2.24, 2.45) is 5.10 Å². The van der Waals surface area contributed by atoms with E-state index < -0.39 is 17.7 Å². The predicted octanol–water partition coefficient (Wildman–Crippen LogP) is 2.03. The zero-order valence-corrected chi connectivity index (χ0v) is 16.3. The van der Waals surface area contributed by atoms with Gasteiger partial charge in [0.1, 0.15) is 0 Å². The van der Waals surface area contributed by atoms with E-state index in [2.05, 4.69) is 20.3 Å². The Balaban J connectivity index is 1.39. The molecule has 32 heavy (non-hydrogen) atoms. The number of nitrogens with one attached hydrogen (secondary N) is 1. The molecule has 0 aliphatic carbocycles. The van der Waals surface area contributed by atoms with Crippen LogP contribution in [-0.2, 0) is 0 Å². The van der Waals surface area contributed by atoms with Gasteiger partial charge in [-0.05, 0) is 46.9 Å². The van der Waals surface area contributed by atoms with Crippen LogP contribution in [0.4, 0.5) is 5.69 Å². The third-order valence-electron chi connectivity index (χ3n) is 4.97. The van der Waals surface area contributed by atoms with Crippen molar-refractivity contribution in [1.82, 2.24) is 10.6 Å². The number of aromatic nitrogens is 2. The van der Waals surface area contributed by atoms with Gasteiger partial charge in [0, 0.05) is 11.2 Å². The third-order valence-corrected chi connectivity index (χ3v) is 4.97. The highest BCUT2D eigenvalue weighted by atomic mass is 16.8. The fourth-order valence-corrected chi connectivity index (χ4v) is 3.46. The highest BCUT2D eigenvalue weighted by molar-refractivity contribution is 6.35. The standard InChI is InChI=1S/C22H13N5O5/c28-20(24-23-12-13-9-10-17-19(11-13)27(31)32-25-17)16-7-3-4-8-18(16)26-21(29)14-5-1-2-6-15(14)22(26)30/h1-12H,(H,24,28)/b23-12+. The van der Waals surface area contributed by atoms with Gasteiger partial charge in [0.15, 0.2) is 0 Å². The van der Waals surface area contributed by atoms with E-state index in [-0.39, 0.29) is 32.8 Å². The number of nitrogens with zero attached hydrogens (tertiary/aromatic N) is 4. The Morgan fingerprint density at radius 1 is 1.03 bits per heavy atom. The molecule has 4 aromatic rings. The first-order chi connectivity index (χ1) is 15.5.